The fourth-order valence-electron chi connectivity index (χ4n) is 1.19. The van der Waals surface area contributed by atoms with Gasteiger partial charge in [-0.05, 0) is 0 Å². The zero-order valence-electron chi connectivity index (χ0n) is 8.48. The van der Waals surface area contributed by atoms with Gasteiger partial charge in [0.25, 0.3) is 0 Å². The van der Waals surface area contributed by atoms with E-state index >= 15 is 0 Å². The molecule has 0 spiro atoms. The SMILES string of the molecule is CN(N=O)C(=O)N[C@H]1OC[C@H](O)C(O)[C@@H]1O. The third-order valence-electron chi connectivity index (χ3n) is 2.18. The number of hydrogen-bond acceptors (Lipinski definition) is 7. The largest absolute Gasteiger partial charge is 0.388 e. The Morgan fingerprint density at radius 3 is 2.62 bits per heavy atom. The van der Waals surface area contributed by atoms with Gasteiger partial charge in [-0.2, -0.15) is 5.01 Å². The normalized spacial score (nSPS) is 34.2. The van der Waals surface area contributed by atoms with E-state index in [1.54, 1.807) is 0 Å². The zero-order chi connectivity index (χ0) is 12.3. The van der Waals surface area contributed by atoms with Gasteiger partial charge in [-0.25, -0.2) is 4.79 Å². The van der Waals surface area contributed by atoms with Gasteiger partial charge in [0, 0.05) is 7.05 Å². The van der Waals surface area contributed by atoms with Crippen molar-refractivity contribution in [1.82, 2.24) is 10.3 Å². The minimum absolute atomic E-state index is 0.235. The minimum Gasteiger partial charge on any atom is -0.388 e. The monoisotopic (exact) mass is 235 g/mol. The van der Waals surface area contributed by atoms with E-state index in [9.17, 15) is 19.9 Å². The molecule has 1 heterocycles. The molecule has 92 valence electrons. The number of amides is 2. The Kier molecular flexibility index (Phi) is 4.12. The topological polar surface area (TPSA) is 132 Å². The van der Waals surface area contributed by atoms with Gasteiger partial charge in [0.05, 0.1) is 11.9 Å². The van der Waals surface area contributed by atoms with E-state index in [1.807, 2.05) is 0 Å². The van der Waals surface area contributed by atoms with Crippen LogP contribution in [0.15, 0.2) is 5.29 Å². The fraction of sp³-hybridized carbons (Fsp3) is 0.857. The zero-order valence-corrected chi connectivity index (χ0v) is 8.48. The Balaban J connectivity index is 2.55. The van der Waals surface area contributed by atoms with Crippen LogP contribution in [0.1, 0.15) is 0 Å². The summed E-state index contributed by atoms with van der Waals surface area (Å²) < 4.78 is 4.88. The molecule has 1 fully saturated rings. The molecule has 1 unspecified atom stereocenters. The molecule has 0 aromatic rings. The first kappa shape index (κ1) is 12.8. The Bertz CT molecular complexity index is 275. The second-order valence-electron chi connectivity index (χ2n) is 3.36. The molecule has 0 saturated carbocycles. The Morgan fingerprint density at radius 2 is 2.06 bits per heavy atom. The molecule has 4 N–H and O–H groups in total. The lowest BCUT2D eigenvalue weighted by molar-refractivity contribution is -0.192. The van der Waals surface area contributed by atoms with Crippen LogP contribution in [-0.4, -0.2) is 64.6 Å². The molecule has 1 aliphatic heterocycles. The Labute approximate surface area is 90.6 Å². The van der Waals surface area contributed by atoms with E-state index in [0.29, 0.717) is 5.01 Å². The van der Waals surface area contributed by atoms with E-state index < -0.39 is 30.6 Å². The summed E-state index contributed by atoms with van der Waals surface area (Å²) in [6.45, 7) is -0.235. The van der Waals surface area contributed by atoms with Crippen LogP contribution in [-0.2, 0) is 4.74 Å². The number of nitroso groups, excluding NO2 is 1. The van der Waals surface area contributed by atoms with Gasteiger partial charge in [-0.15, -0.1) is 4.91 Å². The molecule has 16 heavy (non-hydrogen) atoms. The average molecular weight is 235 g/mol. The molecular weight excluding hydrogens is 222 g/mol. The van der Waals surface area contributed by atoms with E-state index in [1.165, 1.54) is 0 Å². The highest BCUT2D eigenvalue weighted by Gasteiger charge is 2.38. The van der Waals surface area contributed by atoms with Crippen LogP contribution >= 0.6 is 0 Å². The van der Waals surface area contributed by atoms with Crippen LogP contribution < -0.4 is 5.32 Å². The van der Waals surface area contributed by atoms with Crippen molar-refractivity contribution < 1.29 is 24.9 Å². The quantitative estimate of drug-likeness (QED) is 0.316. The third-order valence-corrected chi connectivity index (χ3v) is 2.18. The summed E-state index contributed by atoms with van der Waals surface area (Å²) in [5.74, 6) is 0. The average Bonchev–Trinajstić information content (AvgIpc) is 2.28. The maximum absolute atomic E-state index is 11.2. The lowest BCUT2D eigenvalue weighted by Crippen LogP contribution is -2.59. The first-order valence-corrected chi connectivity index (χ1v) is 4.50. The number of ether oxygens (including phenoxy) is 1. The van der Waals surface area contributed by atoms with Crippen LogP contribution in [0.3, 0.4) is 0 Å². The number of nitrogens with zero attached hydrogens (tertiary/aromatic N) is 2. The Morgan fingerprint density at radius 1 is 1.44 bits per heavy atom. The molecule has 0 aromatic carbocycles. The highest BCUT2D eigenvalue weighted by molar-refractivity contribution is 5.73. The first-order valence-electron chi connectivity index (χ1n) is 4.50. The van der Waals surface area contributed by atoms with E-state index in [4.69, 9.17) is 9.84 Å². The number of aliphatic hydroxyl groups is 3. The van der Waals surface area contributed by atoms with Gasteiger partial charge in [-0.3, -0.25) is 0 Å². The predicted molar refractivity (Wildman–Crippen MR) is 49.9 cm³/mol. The van der Waals surface area contributed by atoms with Crippen molar-refractivity contribution in [3.63, 3.8) is 0 Å². The fourth-order valence-corrected chi connectivity index (χ4v) is 1.19. The number of hydrogen-bond donors (Lipinski definition) is 4. The molecule has 1 saturated heterocycles. The van der Waals surface area contributed by atoms with Crippen molar-refractivity contribution in [3.05, 3.63) is 4.91 Å². The van der Waals surface area contributed by atoms with E-state index in [2.05, 4.69) is 10.6 Å². The van der Waals surface area contributed by atoms with Crippen LogP contribution in [0.5, 0.6) is 0 Å². The number of carbonyl (C=O) groups excluding carboxylic acids is 1. The van der Waals surface area contributed by atoms with E-state index in [-0.39, 0.29) is 6.61 Å². The van der Waals surface area contributed by atoms with Crippen molar-refractivity contribution in [3.8, 4) is 0 Å². The molecule has 9 nitrogen and oxygen atoms in total. The minimum atomic E-state index is -1.48. The van der Waals surface area contributed by atoms with Gasteiger partial charge in [0.2, 0.25) is 0 Å². The van der Waals surface area contributed by atoms with Crippen molar-refractivity contribution in [1.29, 1.82) is 0 Å². The Hall–Kier alpha value is -1.29. The van der Waals surface area contributed by atoms with Gasteiger partial charge < -0.3 is 25.4 Å². The maximum Gasteiger partial charge on any atom is 0.342 e. The van der Waals surface area contributed by atoms with Gasteiger partial charge in [-0.1, -0.05) is 0 Å². The molecule has 9 heteroatoms. The maximum atomic E-state index is 11.2. The summed E-state index contributed by atoms with van der Waals surface area (Å²) in [6, 6.07) is -0.886. The number of rotatable bonds is 2. The van der Waals surface area contributed by atoms with Crippen LogP contribution in [0.2, 0.25) is 0 Å². The summed E-state index contributed by atoms with van der Waals surface area (Å²) in [5.41, 5.74) is 0. The predicted octanol–water partition coefficient (Wildman–Crippen LogP) is -2.25. The van der Waals surface area contributed by atoms with Crippen molar-refractivity contribution in [2.45, 2.75) is 24.5 Å². The number of nitrogens with one attached hydrogen (secondary N) is 1. The van der Waals surface area contributed by atoms with Crippen molar-refractivity contribution in [2.24, 2.45) is 5.29 Å². The van der Waals surface area contributed by atoms with Crippen molar-refractivity contribution in [2.75, 3.05) is 13.7 Å². The first-order chi connectivity index (χ1) is 7.47. The summed E-state index contributed by atoms with van der Waals surface area (Å²) in [5, 5.41) is 32.8. The number of urea groups is 1. The van der Waals surface area contributed by atoms with Crippen LogP contribution in [0.4, 0.5) is 4.79 Å². The summed E-state index contributed by atoms with van der Waals surface area (Å²) in [4.78, 5) is 21.2. The molecule has 1 rings (SSSR count). The third kappa shape index (κ3) is 2.64. The molecule has 1 aliphatic rings. The molecule has 4 atom stereocenters. The summed E-state index contributed by atoms with van der Waals surface area (Å²) in [7, 11) is 1.11. The van der Waals surface area contributed by atoms with Gasteiger partial charge in [0.1, 0.15) is 18.3 Å². The molecule has 0 aromatic heterocycles. The number of aliphatic hydroxyl groups excluding tert-OH is 3. The lowest BCUT2D eigenvalue weighted by atomic mass is 10.0. The second kappa shape index (κ2) is 5.16. The lowest BCUT2D eigenvalue weighted by Gasteiger charge is -2.35. The molecule has 0 aliphatic carbocycles. The molecular formula is C7H13N3O6. The number of carbonyl (C=O) groups is 1. The molecule has 2 amide bonds. The highest BCUT2D eigenvalue weighted by Crippen LogP contribution is 2.13. The summed E-state index contributed by atoms with van der Waals surface area (Å²) in [6.07, 6.45) is -5.32. The van der Waals surface area contributed by atoms with Gasteiger partial charge >= 0.3 is 6.03 Å². The second-order valence-corrected chi connectivity index (χ2v) is 3.36. The molecule has 0 radical (unpaired) electrons. The van der Waals surface area contributed by atoms with Crippen molar-refractivity contribution >= 4 is 6.03 Å². The molecule has 0 bridgehead atoms. The van der Waals surface area contributed by atoms with Gasteiger partial charge in [0.15, 0.2) is 6.23 Å². The highest BCUT2D eigenvalue weighted by atomic mass is 16.5. The summed E-state index contributed by atoms with van der Waals surface area (Å²) >= 11 is 0. The standard InChI is InChI=1S/C7H13N3O6/c1-10(9-15)7(14)8-6-5(13)4(12)3(11)2-16-6/h3-6,11-13H,2H2,1H3,(H,8,14)/t3-,4?,5-,6-/m0/s1. The van der Waals surface area contributed by atoms with E-state index in [0.717, 1.165) is 7.05 Å². The smallest absolute Gasteiger partial charge is 0.342 e. The van der Waals surface area contributed by atoms with Crippen LogP contribution in [0, 0.1) is 4.91 Å². The van der Waals surface area contributed by atoms with Crippen LogP contribution in [0.25, 0.3) is 0 Å².